The maximum atomic E-state index is 14.3. The summed E-state index contributed by atoms with van der Waals surface area (Å²) in [5.74, 6) is -0.615. The monoisotopic (exact) mass is 350 g/mol. The van der Waals surface area contributed by atoms with Gasteiger partial charge in [0, 0.05) is 18.4 Å². The molecule has 1 aromatic carbocycles. The summed E-state index contributed by atoms with van der Waals surface area (Å²) in [6.45, 7) is 2.13. The van der Waals surface area contributed by atoms with Crippen molar-refractivity contribution in [1.82, 2.24) is 0 Å². The van der Waals surface area contributed by atoms with E-state index in [9.17, 15) is 13.6 Å². The number of hydrogen-bond donors (Lipinski definition) is 1. The third-order valence-corrected chi connectivity index (χ3v) is 4.93. The molecule has 0 bridgehead atoms. The molecule has 1 aromatic heterocycles. The van der Waals surface area contributed by atoms with Crippen molar-refractivity contribution in [2.75, 3.05) is 6.61 Å². The first-order valence-corrected chi connectivity index (χ1v) is 8.24. The van der Waals surface area contributed by atoms with E-state index in [1.807, 2.05) is 0 Å². The lowest BCUT2D eigenvalue weighted by molar-refractivity contribution is 0.0996. The largest absolute Gasteiger partial charge is 0.465 e. The van der Waals surface area contributed by atoms with E-state index >= 15 is 0 Å². The fraction of sp³-hybridized carbons (Fsp3) is 0.294. The molecule has 2 heterocycles. The Hall–Kier alpha value is -2.28. The van der Waals surface area contributed by atoms with E-state index in [0.717, 1.165) is 11.3 Å². The summed E-state index contributed by atoms with van der Waals surface area (Å²) in [4.78, 5) is 16.8. The van der Waals surface area contributed by atoms with E-state index in [-0.39, 0.29) is 18.2 Å². The van der Waals surface area contributed by atoms with E-state index in [4.69, 9.17) is 10.5 Å². The predicted octanol–water partition coefficient (Wildman–Crippen LogP) is 3.40. The number of halogens is 2. The van der Waals surface area contributed by atoms with Crippen LogP contribution in [0, 0.1) is 10.9 Å². The molecular formula is C17H16F2N2O2S. The van der Waals surface area contributed by atoms with Crippen LogP contribution in [0.4, 0.5) is 8.78 Å². The number of aliphatic imine (C=N–C) groups is 1. The van der Waals surface area contributed by atoms with E-state index in [1.165, 1.54) is 18.2 Å². The minimum absolute atomic E-state index is 0.0266. The van der Waals surface area contributed by atoms with E-state index < -0.39 is 16.5 Å². The van der Waals surface area contributed by atoms with Gasteiger partial charge in [0.05, 0.1) is 17.0 Å². The number of carbonyl (C=O) groups is 1. The summed E-state index contributed by atoms with van der Waals surface area (Å²) in [5.41, 5.74) is 5.80. The minimum Gasteiger partial charge on any atom is -0.465 e. The first-order chi connectivity index (χ1) is 11.4. The Morgan fingerprint density at radius 3 is 2.83 bits per heavy atom. The zero-order chi connectivity index (χ0) is 17.3. The van der Waals surface area contributed by atoms with Crippen molar-refractivity contribution in [3.05, 3.63) is 57.3 Å². The number of nitrogens with two attached hydrogens (primary N) is 1. The van der Waals surface area contributed by atoms with Gasteiger partial charge in [0.25, 0.3) is 6.02 Å². The van der Waals surface area contributed by atoms with Gasteiger partial charge in [-0.15, -0.1) is 11.3 Å². The number of nitrogens with zero attached hydrogens (tertiary/aromatic N) is 1. The first-order valence-electron chi connectivity index (χ1n) is 7.43. The molecule has 2 aromatic rings. The standard InChI is InChI=1S/C17H16F2N2O2S/c1-17(6-7-23-16(20)21-17)11-8-10(2-3-12(11)18)9-13(22)14-4-5-15(19)24-14/h2-5,8H,6-7,9H2,1H3,(H2,20,21)/t17-/m0/s1. The Bertz CT molecular complexity index is 819. The molecule has 24 heavy (non-hydrogen) atoms. The van der Waals surface area contributed by atoms with Gasteiger partial charge in [-0.25, -0.2) is 9.38 Å². The SMILES string of the molecule is C[C@@]1(c2cc(CC(=O)c3ccc(F)s3)ccc2F)CCOC(N)=N1. The molecule has 0 spiro atoms. The summed E-state index contributed by atoms with van der Waals surface area (Å²) < 4.78 is 32.5. The Balaban J connectivity index is 1.89. The van der Waals surface area contributed by atoms with Gasteiger partial charge >= 0.3 is 0 Å². The average Bonchev–Trinajstić information content (AvgIpc) is 2.95. The molecule has 0 saturated heterocycles. The first kappa shape index (κ1) is 16.6. The molecular weight excluding hydrogens is 334 g/mol. The number of hydrogen-bond acceptors (Lipinski definition) is 5. The highest BCUT2D eigenvalue weighted by atomic mass is 32.1. The van der Waals surface area contributed by atoms with Crippen LogP contribution in [-0.2, 0) is 16.7 Å². The lowest BCUT2D eigenvalue weighted by Gasteiger charge is -2.30. The number of rotatable bonds is 4. The van der Waals surface area contributed by atoms with Crippen LogP contribution >= 0.6 is 11.3 Å². The van der Waals surface area contributed by atoms with Gasteiger partial charge < -0.3 is 10.5 Å². The van der Waals surface area contributed by atoms with E-state index in [2.05, 4.69) is 4.99 Å². The molecule has 3 rings (SSSR count). The van der Waals surface area contributed by atoms with Crippen molar-refractivity contribution in [2.24, 2.45) is 10.7 Å². The van der Waals surface area contributed by atoms with Crippen molar-refractivity contribution in [2.45, 2.75) is 25.3 Å². The molecule has 0 saturated carbocycles. The highest BCUT2D eigenvalue weighted by molar-refractivity contribution is 7.12. The van der Waals surface area contributed by atoms with Crippen LogP contribution in [0.1, 0.15) is 34.1 Å². The topological polar surface area (TPSA) is 64.7 Å². The van der Waals surface area contributed by atoms with Crippen LogP contribution in [0.3, 0.4) is 0 Å². The second kappa shape index (κ2) is 6.32. The van der Waals surface area contributed by atoms with Crippen LogP contribution in [0.5, 0.6) is 0 Å². The maximum Gasteiger partial charge on any atom is 0.282 e. The molecule has 1 atom stereocenters. The van der Waals surface area contributed by atoms with Gasteiger partial charge in [-0.2, -0.15) is 4.39 Å². The Morgan fingerprint density at radius 1 is 1.38 bits per heavy atom. The highest BCUT2D eigenvalue weighted by Crippen LogP contribution is 2.34. The van der Waals surface area contributed by atoms with Crippen LogP contribution in [-0.4, -0.2) is 18.4 Å². The molecule has 1 aliphatic heterocycles. The molecule has 0 unspecified atom stereocenters. The van der Waals surface area contributed by atoms with Gasteiger partial charge in [-0.3, -0.25) is 4.79 Å². The predicted molar refractivity (Wildman–Crippen MR) is 88.3 cm³/mol. The number of Topliss-reactive ketones (excluding diaryl/α,β-unsaturated/α-hetero) is 1. The quantitative estimate of drug-likeness (QED) is 0.860. The average molecular weight is 350 g/mol. The summed E-state index contributed by atoms with van der Waals surface area (Å²) in [6, 6.07) is 7.24. The van der Waals surface area contributed by atoms with E-state index in [0.29, 0.717) is 29.0 Å². The number of ether oxygens (including phenoxy) is 1. The van der Waals surface area contributed by atoms with Gasteiger partial charge in [0.1, 0.15) is 5.82 Å². The van der Waals surface area contributed by atoms with Gasteiger partial charge in [0.15, 0.2) is 10.9 Å². The van der Waals surface area contributed by atoms with Crippen LogP contribution in [0.25, 0.3) is 0 Å². The van der Waals surface area contributed by atoms with Crippen molar-refractivity contribution in [1.29, 1.82) is 0 Å². The Labute approximate surface area is 142 Å². The second-order valence-corrected chi connectivity index (χ2v) is 6.87. The molecule has 126 valence electrons. The van der Waals surface area contributed by atoms with Crippen molar-refractivity contribution >= 4 is 23.1 Å². The molecule has 4 nitrogen and oxygen atoms in total. The number of amidine groups is 1. The van der Waals surface area contributed by atoms with Gasteiger partial charge in [-0.1, -0.05) is 6.07 Å². The number of benzene rings is 1. The fourth-order valence-corrected chi connectivity index (χ4v) is 3.38. The summed E-state index contributed by atoms with van der Waals surface area (Å²) in [7, 11) is 0. The van der Waals surface area contributed by atoms with Crippen molar-refractivity contribution in [3.8, 4) is 0 Å². The summed E-state index contributed by atoms with van der Waals surface area (Å²) >= 11 is 0.805. The third-order valence-electron chi connectivity index (χ3n) is 4.02. The summed E-state index contributed by atoms with van der Waals surface area (Å²) in [5, 5.41) is -0.405. The van der Waals surface area contributed by atoms with Crippen LogP contribution in [0.15, 0.2) is 35.3 Å². The van der Waals surface area contributed by atoms with E-state index in [1.54, 1.807) is 19.1 Å². The molecule has 7 heteroatoms. The molecule has 0 amide bonds. The van der Waals surface area contributed by atoms with Crippen LogP contribution < -0.4 is 5.73 Å². The molecule has 0 fully saturated rings. The van der Waals surface area contributed by atoms with Crippen molar-refractivity contribution in [3.63, 3.8) is 0 Å². The Kier molecular flexibility index (Phi) is 4.36. The number of thiophene rings is 1. The lowest BCUT2D eigenvalue weighted by Crippen LogP contribution is -2.34. The fourth-order valence-electron chi connectivity index (χ4n) is 2.71. The summed E-state index contributed by atoms with van der Waals surface area (Å²) in [6.07, 6.45) is 0.553. The maximum absolute atomic E-state index is 14.3. The zero-order valence-electron chi connectivity index (χ0n) is 13.0. The molecule has 0 aliphatic carbocycles. The highest BCUT2D eigenvalue weighted by Gasteiger charge is 2.33. The number of ketones is 1. The van der Waals surface area contributed by atoms with Gasteiger partial charge in [0.2, 0.25) is 0 Å². The molecule has 1 aliphatic rings. The normalized spacial score (nSPS) is 20.4. The number of carbonyl (C=O) groups excluding carboxylic acids is 1. The molecule has 0 radical (unpaired) electrons. The second-order valence-electron chi connectivity index (χ2n) is 5.84. The lowest BCUT2D eigenvalue weighted by atomic mass is 9.87. The zero-order valence-corrected chi connectivity index (χ0v) is 13.8. The third kappa shape index (κ3) is 3.31. The Morgan fingerprint density at radius 2 is 2.17 bits per heavy atom. The molecule has 2 N–H and O–H groups in total. The van der Waals surface area contributed by atoms with Crippen molar-refractivity contribution < 1.29 is 18.3 Å². The minimum atomic E-state index is -0.833. The van der Waals surface area contributed by atoms with Gasteiger partial charge in [-0.05, 0) is 36.8 Å². The smallest absolute Gasteiger partial charge is 0.282 e. The van der Waals surface area contributed by atoms with Crippen LogP contribution in [0.2, 0.25) is 0 Å².